The summed E-state index contributed by atoms with van der Waals surface area (Å²) in [5, 5.41) is 15.3. The minimum absolute atomic E-state index is 0.426. The van der Waals surface area contributed by atoms with Crippen molar-refractivity contribution in [1.82, 2.24) is 5.32 Å². The first-order chi connectivity index (χ1) is 4.93. The Bertz CT molecular complexity index is 210. The van der Waals surface area contributed by atoms with Crippen molar-refractivity contribution < 1.29 is 0 Å². The molecule has 1 N–H and O–H groups in total. The molecule has 3 heteroatoms. The van der Waals surface area contributed by atoms with Gasteiger partial charge in [0.1, 0.15) is 0 Å². The molecule has 0 aliphatic rings. The second kappa shape index (κ2) is 4.04. The van der Waals surface area contributed by atoms with E-state index in [1.165, 1.54) is 5.56 Å². The number of hydrogen-bond donors (Lipinski definition) is 1. The SMILES string of the molecule is N#CCNCc1ccsc1. The zero-order valence-corrected chi connectivity index (χ0v) is 6.32. The third-order valence-electron chi connectivity index (χ3n) is 1.11. The summed E-state index contributed by atoms with van der Waals surface area (Å²) in [5.74, 6) is 0. The van der Waals surface area contributed by atoms with E-state index >= 15 is 0 Å². The molecule has 0 fully saturated rings. The van der Waals surface area contributed by atoms with Crippen LogP contribution in [0.15, 0.2) is 16.8 Å². The Kier molecular flexibility index (Phi) is 2.94. The number of rotatable bonds is 3. The maximum Gasteiger partial charge on any atom is 0.0843 e. The van der Waals surface area contributed by atoms with Gasteiger partial charge in [0.05, 0.1) is 12.6 Å². The molecule has 1 heterocycles. The Morgan fingerprint density at radius 3 is 3.20 bits per heavy atom. The summed E-state index contributed by atoms with van der Waals surface area (Å²) < 4.78 is 0. The Balaban J connectivity index is 2.23. The van der Waals surface area contributed by atoms with E-state index in [1.807, 2.05) is 11.4 Å². The van der Waals surface area contributed by atoms with Gasteiger partial charge in [0.25, 0.3) is 0 Å². The molecule has 0 aromatic carbocycles. The maximum atomic E-state index is 8.18. The highest BCUT2D eigenvalue weighted by Gasteiger charge is 1.89. The van der Waals surface area contributed by atoms with Gasteiger partial charge in [-0.25, -0.2) is 0 Å². The van der Waals surface area contributed by atoms with Gasteiger partial charge in [-0.05, 0) is 22.4 Å². The summed E-state index contributed by atoms with van der Waals surface area (Å²) in [5.41, 5.74) is 1.25. The first kappa shape index (κ1) is 7.26. The lowest BCUT2D eigenvalue weighted by Gasteiger charge is -1.93. The quantitative estimate of drug-likeness (QED) is 0.524. The molecule has 0 aliphatic carbocycles. The van der Waals surface area contributed by atoms with Gasteiger partial charge in [-0.15, -0.1) is 0 Å². The second-order valence-electron chi connectivity index (χ2n) is 1.89. The molecule has 1 rings (SSSR count). The molecule has 0 unspecified atom stereocenters. The average molecular weight is 152 g/mol. The van der Waals surface area contributed by atoms with Crippen LogP contribution in [0.4, 0.5) is 0 Å². The van der Waals surface area contributed by atoms with Crippen LogP contribution in [0, 0.1) is 11.3 Å². The summed E-state index contributed by atoms with van der Waals surface area (Å²) in [6, 6.07) is 4.07. The molecule has 1 aromatic heterocycles. The van der Waals surface area contributed by atoms with E-state index in [0.29, 0.717) is 6.54 Å². The Morgan fingerprint density at radius 1 is 1.70 bits per heavy atom. The third kappa shape index (κ3) is 2.18. The first-order valence-electron chi connectivity index (χ1n) is 3.02. The van der Waals surface area contributed by atoms with Crippen molar-refractivity contribution in [2.24, 2.45) is 0 Å². The van der Waals surface area contributed by atoms with Crippen LogP contribution in [0.2, 0.25) is 0 Å². The predicted octanol–water partition coefficient (Wildman–Crippen LogP) is 1.36. The van der Waals surface area contributed by atoms with Gasteiger partial charge in [0.15, 0.2) is 0 Å². The molecule has 0 amide bonds. The Hall–Kier alpha value is -0.850. The van der Waals surface area contributed by atoms with Crippen molar-refractivity contribution in [2.45, 2.75) is 6.54 Å². The first-order valence-corrected chi connectivity index (χ1v) is 3.96. The van der Waals surface area contributed by atoms with Crippen LogP contribution in [-0.4, -0.2) is 6.54 Å². The fourth-order valence-corrected chi connectivity index (χ4v) is 1.32. The Labute approximate surface area is 64.1 Å². The zero-order chi connectivity index (χ0) is 7.23. The maximum absolute atomic E-state index is 8.18. The molecule has 0 atom stereocenters. The second-order valence-corrected chi connectivity index (χ2v) is 2.67. The third-order valence-corrected chi connectivity index (χ3v) is 1.85. The lowest BCUT2D eigenvalue weighted by molar-refractivity contribution is 0.768. The van der Waals surface area contributed by atoms with E-state index < -0.39 is 0 Å². The average Bonchev–Trinajstić information content (AvgIpc) is 2.41. The van der Waals surface area contributed by atoms with Crippen molar-refractivity contribution >= 4 is 11.3 Å². The molecular weight excluding hydrogens is 144 g/mol. The van der Waals surface area contributed by atoms with Crippen LogP contribution in [0.3, 0.4) is 0 Å². The Morgan fingerprint density at radius 2 is 2.60 bits per heavy atom. The van der Waals surface area contributed by atoms with E-state index in [2.05, 4.69) is 16.8 Å². The van der Waals surface area contributed by atoms with Crippen molar-refractivity contribution in [2.75, 3.05) is 6.54 Å². The molecule has 0 aliphatic heterocycles. The molecule has 2 nitrogen and oxygen atoms in total. The molecule has 0 saturated carbocycles. The number of nitrogens with zero attached hydrogens (tertiary/aromatic N) is 1. The summed E-state index contributed by atoms with van der Waals surface area (Å²) in [6.45, 7) is 1.23. The van der Waals surface area contributed by atoms with Crippen LogP contribution in [-0.2, 0) is 6.54 Å². The van der Waals surface area contributed by atoms with Crippen LogP contribution < -0.4 is 5.32 Å². The van der Waals surface area contributed by atoms with E-state index in [9.17, 15) is 0 Å². The monoisotopic (exact) mass is 152 g/mol. The van der Waals surface area contributed by atoms with Crippen LogP contribution in [0.1, 0.15) is 5.56 Å². The molecule has 0 saturated heterocycles. The van der Waals surface area contributed by atoms with Gasteiger partial charge in [-0.2, -0.15) is 16.6 Å². The fraction of sp³-hybridized carbons (Fsp3) is 0.286. The van der Waals surface area contributed by atoms with E-state index in [-0.39, 0.29) is 0 Å². The molecule has 0 radical (unpaired) electrons. The van der Waals surface area contributed by atoms with Crippen LogP contribution in [0.25, 0.3) is 0 Å². The largest absolute Gasteiger partial charge is 0.300 e. The predicted molar refractivity (Wildman–Crippen MR) is 41.6 cm³/mol. The van der Waals surface area contributed by atoms with Crippen molar-refractivity contribution in [3.63, 3.8) is 0 Å². The molecule has 10 heavy (non-hydrogen) atoms. The van der Waals surface area contributed by atoms with Gasteiger partial charge >= 0.3 is 0 Å². The highest BCUT2D eigenvalue weighted by molar-refractivity contribution is 7.07. The minimum atomic E-state index is 0.426. The number of hydrogen-bond acceptors (Lipinski definition) is 3. The lowest BCUT2D eigenvalue weighted by Crippen LogP contribution is -2.12. The van der Waals surface area contributed by atoms with Gasteiger partial charge in [-0.1, -0.05) is 0 Å². The highest BCUT2D eigenvalue weighted by Crippen LogP contribution is 2.04. The smallest absolute Gasteiger partial charge is 0.0843 e. The van der Waals surface area contributed by atoms with Gasteiger partial charge in [0, 0.05) is 6.54 Å². The number of thiophene rings is 1. The summed E-state index contributed by atoms with van der Waals surface area (Å²) in [4.78, 5) is 0. The highest BCUT2D eigenvalue weighted by atomic mass is 32.1. The summed E-state index contributed by atoms with van der Waals surface area (Å²) >= 11 is 1.67. The topological polar surface area (TPSA) is 35.8 Å². The minimum Gasteiger partial charge on any atom is -0.300 e. The van der Waals surface area contributed by atoms with Crippen LogP contribution in [0.5, 0.6) is 0 Å². The van der Waals surface area contributed by atoms with Crippen molar-refractivity contribution in [1.29, 1.82) is 5.26 Å². The fourth-order valence-electron chi connectivity index (χ4n) is 0.656. The van der Waals surface area contributed by atoms with E-state index in [0.717, 1.165) is 6.54 Å². The molecule has 1 aromatic rings. The van der Waals surface area contributed by atoms with Gasteiger partial charge in [-0.3, -0.25) is 0 Å². The van der Waals surface area contributed by atoms with Crippen LogP contribution >= 0.6 is 11.3 Å². The molecular formula is C7H8N2S. The standard InChI is InChI=1S/C7H8N2S/c8-2-3-9-5-7-1-4-10-6-7/h1,4,6,9H,3,5H2. The zero-order valence-electron chi connectivity index (χ0n) is 5.50. The van der Waals surface area contributed by atoms with Gasteiger partial charge < -0.3 is 5.32 Å². The lowest BCUT2D eigenvalue weighted by atomic mass is 10.3. The van der Waals surface area contributed by atoms with E-state index in [1.54, 1.807) is 11.3 Å². The molecule has 0 bridgehead atoms. The molecule has 0 spiro atoms. The summed E-state index contributed by atoms with van der Waals surface area (Å²) in [7, 11) is 0. The summed E-state index contributed by atoms with van der Waals surface area (Å²) in [6.07, 6.45) is 0. The van der Waals surface area contributed by atoms with Crippen molar-refractivity contribution in [3.8, 4) is 6.07 Å². The normalized spacial score (nSPS) is 9.10. The number of nitrogens with one attached hydrogen (secondary N) is 1. The van der Waals surface area contributed by atoms with Crippen molar-refractivity contribution in [3.05, 3.63) is 22.4 Å². The number of nitriles is 1. The van der Waals surface area contributed by atoms with E-state index in [4.69, 9.17) is 5.26 Å². The van der Waals surface area contributed by atoms with Gasteiger partial charge in [0.2, 0.25) is 0 Å². The molecule has 52 valence electrons.